The SMILES string of the molecule is CN1CCN(c2cccc(C=C3C(=O)OC(C)(C)OC3=O)c2)CC1. The molecule has 0 bridgehead atoms. The topological polar surface area (TPSA) is 59.1 Å². The van der Waals surface area contributed by atoms with Crippen molar-refractivity contribution in [2.45, 2.75) is 19.6 Å². The van der Waals surface area contributed by atoms with Gasteiger partial charge in [0.1, 0.15) is 5.57 Å². The van der Waals surface area contributed by atoms with E-state index >= 15 is 0 Å². The van der Waals surface area contributed by atoms with Crippen molar-refractivity contribution in [1.82, 2.24) is 4.90 Å². The number of esters is 2. The molecular weight excluding hydrogens is 308 g/mol. The Kier molecular flexibility index (Phi) is 4.32. The van der Waals surface area contributed by atoms with Crippen LogP contribution in [-0.2, 0) is 19.1 Å². The lowest BCUT2D eigenvalue weighted by Gasteiger charge is -2.34. The molecule has 2 heterocycles. The first kappa shape index (κ1) is 16.5. The zero-order valence-corrected chi connectivity index (χ0v) is 14.2. The second-order valence-electron chi connectivity index (χ2n) is 6.62. The molecule has 0 saturated carbocycles. The van der Waals surface area contributed by atoms with Gasteiger partial charge in [-0.15, -0.1) is 0 Å². The monoisotopic (exact) mass is 330 g/mol. The molecule has 2 saturated heterocycles. The minimum Gasteiger partial charge on any atom is -0.419 e. The zero-order valence-electron chi connectivity index (χ0n) is 14.2. The Morgan fingerprint density at radius 2 is 1.67 bits per heavy atom. The summed E-state index contributed by atoms with van der Waals surface area (Å²) in [5.41, 5.74) is 1.77. The predicted octanol–water partition coefficient (Wildman–Crippen LogP) is 1.66. The van der Waals surface area contributed by atoms with E-state index in [4.69, 9.17) is 9.47 Å². The van der Waals surface area contributed by atoms with Crippen LogP contribution in [0.25, 0.3) is 6.08 Å². The molecule has 0 unspecified atom stereocenters. The number of nitrogens with zero attached hydrogens (tertiary/aromatic N) is 2. The molecule has 1 aromatic rings. The van der Waals surface area contributed by atoms with Gasteiger partial charge in [0.25, 0.3) is 5.79 Å². The van der Waals surface area contributed by atoms with Gasteiger partial charge in [0, 0.05) is 45.7 Å². The van der Waals surface area contributed by atoms with Gasteiger partial charge in [-0.25, -0.2) is 9.59 Å². The lowest BCUT2D eigenvalue weighted by molar-refractivity contribution is -0.222. The quantitative estimate of drug-likeness (QED) is 0.467. The maximum Gasteiger partial charge on any atom is 0.348 e. The van der Waals surface area contributed by atoms with Gasteiger partial charge in [0.2, 0.25) is 0 Å². The van der Waals surface area contributed by atoms with E-state index in [0.717, 1.165) is 37.4 Å². The average molecular weight is 330 g/mol. The van der Waals surface area contributed by atoms with Crippen LogP contribution in [0.1, 0.15) is 19.4 Å². The Morgan fingerprint density at radius 3 is 2.29 bits per heavy atom. The Balaban J connectivity index is 1.82. The summed E-state index contributed by atoms with van der Waals surface area (Å²) in [6.07, 6.45) is 1.53. The highest BCUT2D eigenvalue weighted by atomic mass is 16.7. The van der Waals surface area contributed by atoms with Crippen molar-refractivity contribution in [3.8, 4) is 0 Å². The van der Waals surface area contributed by atoms with E-state index in [1.54, 1.807) is 0 Å². The number of likely N-dealkylation sites (N-methyl/N-ethyl adjacent to an activating group) is 1. The summed E-state index contributed by atoms with van der Waals surface area (Å²) in [6, 6.07) is 7.78. The average Bonchev–Trinajstić information content (AvgIpc) is 2.51. The van der Waals surface area contributed by atoms with Gasteiger partial charge in [0.15, 0.2) is 0 Å². The van der Waals surface area contributed by atoms with Crippen LogP contribution in [0.3, 0.4) is 0 Å². The first-order chi connectivity index (χ1) is 11.3. The molecule has 24 heavy (non-hydrogen) atoms. The molecule has 0 aliphatic carbocycles. The number of rotatable bonds is 2. The van der Waals surface area contributed by atoms with Crippen LogP contribution in [0.4, 0.5) is 5.69 Å². The molecule has 3 rings (SSSR count). The van der Waals surface area contributed by atoms with Crippen LogP contribution in [-0.4, -0.2) is 55.9 Å². The fourth-order valence-electron chi connectivity index (χ4n) is 2.82. The molecule has 0 atom stereocenters. The zero-order chi connectivity index (χ0) is 17.3. The van der Waals surface area contributed by atoms with E-state index in [1.807, 2.05) is 24.3 Å². The van der Waals surface area contributed by atoms with Crippen LogP contribution in [0.15, 0.2) is 29.8 Å². The normalized spacial score (nSPS) is 21.3. The van der Waals surface area contributed by atoms with Crippen molar-refractivity contribution in [2.24, 2.45) is 0 Å². The molecule has 1 aromatic carbocycles. The fourth-order valence-corrected chi connectivity index (χ4v) is 2.82. The van der Waals surface area contributed by atoms with Crippen molar-refractivity contribution < 1.29 is 19.1 Å². The van der Waals surface area contributed by atoms with Crippen molar-refractivity contribution >= 4 is 23.7 Å². The van der Waals surface area contributed by atoms with Crippen LogP contribution in [0.5, 0.6) is 0 Å². The number of benzene rings is 1. The fraction of sp³-hybridized carbons (Fsp3) is 0.444. The van der Waals surface area contributed by atoms with Crippen molar-refractivity contribution in [3.05, 3.63) is 35.4 Å². The maximum atomic E-state index is 12.0. The molecule has 2 fully saturated rings. The molecule has 0 radical (unpaired) electrons. The second kappa shape index (κ2) is 6.28. The third kappa shape index (κ3) is 3.59. The molecule has 0 amide bonds. The van der Waals surface area contributed by atoms with E-state index in [-0.39, 0.29) is 5.57 Å². The number of anilines is 1. The summed E-state index contributed by atoms with van der Waals surface area (Å²) in [7, 11) is 2.11. The van der Waals surface area contributed by atoms with Crippen LogP contribution in [0, 0.1) is 0 Å². The van der Waals surface area contributed by atoms with Gasteiger partial charge in [-0.3, -0.25) is 0 Å². The van der Waals surface area contributed by atoms with Crippen LogP contribution in [0.2, 0.25) is 0 Å². The second-order valence-corrected chi connectivity index (χ2v) is 6.62. The third-order valence-corrected chi connectivity index (χ3v) is 4.17. The Morgan fingerprint density at radius 1 is 1.04 bits per heavy atom. The third-order valence-electron chi connectivity index (χ3n) is 4.17. The predicted molar refractivity (Wildman–Crippen MR) is 90.4 cm³/mol. The lowest BCUT2D eigenvalue weighted by atomic mass is 10.1. The van der Waals surface area contributed by atoms with Gasteiger partial charge >= 0.3 is 11.9 Å². The Hall–Kier alpha value is -2.34. The standard InChI is InChI=1S/C18H22N2O4/c1-18(2)23-16(21)15(17(22)24-18)12-13-5-4-6-14(11-13)20-9-7-19(3)8-10-20/h4-6,11-12H,7-10H2,1-3H3. The highest BCUT2D eigenvalue weighted by Gasteiger charge is 2.38. The van der Waals surface area contributed by atoms with E-state index in [2.05, 4.69) is 16.8 Å². The smallest absolute Gasteiger partial charge is 0.348 e. The maximum absolute atomic E-state index is 12.0. The molecule has 0 spiro atoms. The number of hydrogen-bond donors (Lipinski definition) is 0. The van der Waals surface area contributed by atoms with Crippen molar-refractivity contribution in [1.29, 1.82) is 0 Å². The largest absolute Gasteiger partial charge is 0.419 e. The Labute approximate surface area is 141 Å². The number of cyclic esters (lactones) is 2. The highest BCUT2D eigenvalue weighted by molar-refractivity contribution is 6.18. The van der Waals surface area contributed by atoms with Gasteiger partial charge in [0.05, 0.1) is 0 Å². The van der Waals surface area contributed by atoms with Crippen LogP contribution >= 0.6 is 0 Å². The molecular formula is C18H22N2O4. The summed E-state index contributed by atoms with van der Waals surface area (Å²) < 4.78 is 10.2. The van der Waals surface area contributed by atoms with Crippen molar-refractivity contribution in [2.75, 3.05) is 38.1 Å². The Bertz CT molecular complexity index is 666. The van der Waals surface area contributed by atoms with E-state index in [1.165, 1.54) is 19.9 Å². The lowest BCUT2D eigenvalue weighted by Crippen LogP contribution is -2.44. The molecule has 6 nitrogen and oxygen atoms in total. The van der Waals surface area contributed by atoms with Gasteiger partial charge in [-0.05, 0) is 30.8 Å². The number of piperazine rings is 1. The van der Waals surface area contributed by atoms with E-state index < -0.39 is 17.7 Å². The van der Waals surface area contributed by atoms with E-state index in [9.17, 15) is 9.59 Å². The first-order valence-corrected chi connectivity index (χ1v) is 8.06. The molecule has 128 valence electrons. The van der Waals surface area contributed by atoms with Gasteiger partial charge < -0.3 is 19.3 Å². The number of carbonyl (C=O) groups excluding carboxylic acids is 2. The summed E-state index contributed by atoms with van der Waals surface area (Å²) in [5, 5.41) is 0. The molecule has 0 aromatic heterocycles. The van der Waals surface area contributed by atoms with Gasteiger partial charge in [-0.1, -0.05) is 12.1 Å². The number of ether oxygens (including phenoxy) is 2. The number of hydrogen-bond acceptors (Lipinski definition) is 6. The molecule has 2 aliphatic rings. The van der Waals surface area contributed by atoms with Gasteiger partial charge in [-0.2, -0.15) is 0 Å². The molecule has 0 N–H and O–H groups in total. The summed E-state index contributed by atoms with van der Waals surface area (Å²) >= 11 is 0. The minimum absolute atomic E-state index is 0.0788. The first-order valence-electron chi connectivity index (χ1n) is 8.06. The van der Waals surface area contributed by atoms with E-state index in [0.29, 0.717) is 0 Å². The molecule has 2 aliphatic heterocycles. The van der Waals surface area contributed by atoms with Crippen molar-refractivity contribution in [3.63, 3.8) is 0 Å². The number of carbonyl (C=O) groups is 2. The summed E-state index contributed by atoms with van der Waals surface area (Å²) in [6.45, 7) is 7.00. The minimum atomic E-state index is -1.22. The summed E-state index contributed by atoms with van der Waals surface area (Å²) in [4.78, 5) is 28.7. The molecule has 6 heteroatoms. The van der Waals surface area contributed by atoms with Crippen LogP contribution < -0.4 is 4.90 Å². The highest BCUT2D eigenvalue weighted by Crippen LogP contribution is 2.25. The summed E-state index contributed by atoms with van der Waals surface area (Å²) in [5.74, 6) is -2.52.